The van der Waals surface area contributed by atoms with Crippen molar-refractivity contribution in [2.75, 3.05) is 6.54 Å². The standard InChI is InChI=1S/C11H23N3O/c1-9(12)6-7-10-5-3-2-4-8-14(10)11(13)15/h9-10H,2-8,12H2,1H3,(H2,13,15). The average Bonchev–Trinajstić information content (AvgIpc) is 2.39. The van der Waals surface area contributed by atoms with Crippen LogP contribution in [0.15, 0.2) is 0 Å². The third-order valence-corrected chi connectivity index (χ3v) is 3.12. The van der Waals surface area contributed by atoms with Crippen molar-refractivity contribution in [1.29, 1.82) is 0 Å². The predicted molar refractivity (Wildman–Crippen MR) is 61.4 cm³/mol. The van der Waals surface area contributed by atoms with Gasteiger partial charge in [0.1, 0.15) is 0 Å². The van der Waals surface area contributed by atoms with Crippen molar-refractivity contribution in [3.05, 3.63) is 0 Å². The van der Waals surface area contributed by atoms with Crippen molar-refractivity contribution >= 4 is 6.03 Å². The minimum absolute atomic E-state index is 0.211. The molecule has 0 radical (unpaired) electrons. The van der Waals surface area contributed by atoms with Crippen molar-refractivity contribution in [3.8, 4) is 0 Å². The van der Waals surface area contributed by atoms with Crippen LogP contribution in [0.2, 0.25) is 0 Å². The first-order valence-corrected chi connectivity index (χ1v) is 5.93. The van der Waals surface area contributed by atoms with Crippen LogP contribution >= 0.6 is 0 Å². The highest BCUT2D eigenvalue weighted by Crippen LogP contribution is 2.20. The van der Waals surface area contributed by atoms with Gasteiger partial charge in [-0.3, -0.25) is 0 Å². The molecule has 4 N–H and O–H groups in total. The molecule has 2 amide bonds. The number of carbonyl (C=O) groups is 1. The van der Waals surface area contributed by atoms with Gasteiger partial charge in [-0.15, -0.1) is 0 Å². The Morgan fingerprint density at radius 2 is 2.20 bits per heavy atom. The van der Waals surface area contributed by atoms with Gasteiger partial charge < -0.3 is 16.4 Å². The van der Waals surface area contributed by atoms with Crippen LogP contribution in [-0.4, -0.2) is 29.6 Å². The van der Waals surface area contributed by atoms with Crippen LogP contribution in [0.25, 0.3) is 0 Å². The fourth-order valence-electron chi connectivity index (χ4n) is 2.22. The number of nitrogens with two attached hydrogens (primary N) is 2. The molecule has 1 aliphatic heterocycles. The summed E-state index contributed by atoms with van der Waals surface area (Å²) in [6, 6.07) is 0.255. The Morgan fingerprint density at radius 3 is 2.80 bits per heavy atom. The maximum absolute atomic E-state index is 11.3. The number of carbonyl (C=O) groups excluding carboxylic acids is 1. The zero-order valence-corrected chi connectivity index (χ0v) is 9.61. The van der Waals surface area contributed by atoms with Crippen LogP contribution in [0.1, 0.15) is 45.4 Å². The molecule has 0 aromatic rings. The molecule has 0 aromatic heterocycles. The lowest BCUT2D eigenvalue weighted by molar-refractivity contribution is 0.179. The minimum Gasteiger partial charge on any atom is -0.351 e. The van der Waals surface area contributed by atoms with Crippen LogP contribution in [0, 0.1) is 0 Å². The van der Waals surface area contributed by atoms with Gasteiger partial charge in [-0.05, 0) is 32.6 Å². The summed E-state index contributed by atoms with van der Waals surface area (Å²) in [7, 11) is 0. The Kier molecular flexibility index (Phi) is 4.88. The number of nitrogens with zero attached hydrogens (tertiary/aromatic N) is 1. The first kappa shape index (κ1) is 12.3. The molecule has 0 saturated carbocycles. The van der Waals surface area contributed by atoms with E-state index in [9.17, 15) is 4.79 Å². The second-order valence-corrected chi connectivity index (χ2v) is 4.59. The van der Waals surface area contributed by atoms with E-state index in [1.54, 1.807) is 0 Å². The van der Waals surface area contributed by atoms with Gasteiger partial charge in [0.15, 0.2) is 0 Å². The number of hydrogen-bond acceptors (Lipinski definition) is 2. The molecule has 2 unspecified atom stereocenters. The molecule has 1 heterocycles. The fourth-order valence-corrected chi connectivity index (χ4v) is 2.22. The van der Waals surface area contributed by atoms with Crippen molar-refractivity contribution in [3.63, 3.8) is 0 Å². The summed E-state index contributed by atoms with van der Waals surface area (Å²) in [5.41, 5.74) is 11.1. The quantitative estimate of drug-likeness (QED) is 0.744. The predicted octanol–water partition coefficient (Wildman–Crippen LogP) is 1.44. The topological polar surface area (TPSA) is 72.3 Å². The zero-order chi connectivity index (χ0) is 11.3. The van der Waals surface area contributed by atoms with Gasteiger partial charge >= 0.3 is 6.03 Å². The normalized spacial score (nSPS) is 24.7. The molecule has 0 spiro atoms. The maximum Gasteiger partial charge on any atom is 0.315 e. The number of primary amides is 1. The molecule has 88 valence electrons. The number of hydrogen-bond donors (Lipinski definition) is 2. The van der Waals surface area contributed by atoms with Crippen LogP contribution in [-0.2, 0) is 0 Å². The van der Waals surface area contributed by atoms with E-state index in [1.807, 2.05) is 11.8 Å². The van der Waals surface area contributed by atoms with Crippen molar-refractivity contribution in [2.24, 2.45) is 11.5 Å². The van der Waals surface area contributed by atoms with Gasteiger partial charge in [0.05, 0.1) is 0 Å². The SMILES string of the molecule is CC(N)CCC1CCCCCN1C(N)=O. The molecule has 0 aromatic carbocycles. The lowest BCUT2D eigenvalue weighted by atomic mass is 10.0. The Bertz CT molecular complexity index is 206. The Hall–Kier alpha value is -0.770. The summed E-state index contributed by atoms with van der Waals surface area (Å²) in [6.45, 7) is 2.82. The molecule has 2 atom stereocenters. The average molecular weight is 213 g/mol. The minimum atomic E-state index is -0.272. The molecule has 1 fully saturated rings. The van der Waals surface area contributed by atoms with Crippen LogP contribution in [0.3, 0.4) is 0 Å². The highest BCUT2D eigenvalue weighted by Gasteiger charge is 2.23. The molecule has 15 heavy (non-hydrogen) atoms. The van der Waals surface area contributed by atoms with Crippen LogP contribution < -0.4 is 11.5 Å². The zero-order valence-electron chi connectivity index (χ0n) is 9.61. The van der Waals surface area contributed by atoms with Crippen molar-refractivity contribution in [1.82, 2.24) is 4.90 Å². The Balaban J connectivity index is 2.50. The highest BCUT2D eigenvalue weighted by molar-refractivity contribution is 5.72. The van der Waals surface area contributed by atoms with Gasteiger partial charge in [0.25, 0.3) is 0 Å². The second kappa shape index (κ2) is 5.95. The van der Waals surface area contributed by atoms with E-state index in [0.29, 0.717) is 6.04 Å². The number of urea groups is 1. The third kappa shape index (κ3) is 4.08. The molecule has 4 nitrogen and oxygen atoms in total. The van der Waals surface area contributed by atoms with Gasteiger partial charge in [-0.2, -0.15) is 0 Å². The molecular formula is C11H23N3O. The van der Waals surface area contributed by atoms with E-state index in [1.165, 1.54) is 12.8 Å². The molecule has 1 rings (SSSR count). The highest BCUT2D eigenvalue weighted by atomic mass is 16.2. The monoisotopic (exact) mass is 213 g/mol. The molecule has 0 bridgehead atoms. The first-order chi connectivity index (χ1) is 7.11. The van der Waals surface area contributed by atoms with Crippen molar-refractivity contribution < 1.29 is 4.79 Å². The van der Waals surface area contributed by atoms with Gasteiger partial charge in [0.2, 0.25) is 0 Å². The Labute approximate surface area is 92.0 Å². The summed E-state index contributed by atoms with van der Waals surface area (Å²) in [6.07, 6.45) is 6.52. The lowest BCUT2D eigenvalue weighted by Gasteiger charge is -2.28. The molecule has 1 aliphatic rings. The first-order valence-electron chi connectivity index (χ1n) is 5.93. The van der Waals surface area contributed by atoms with E-state index in [2.05, 4.69) is 0 Å². The lowest BCUT2D eigenvalue weighted by Crippen LogP contribution is -2.43. The number of likely N-dealkylation sites (tertiary alicyclic amines) is 1. The van der Waals surface area contributed by atoms with E-state index in [4.69, 9.17) is 11.5 Å². The van der Waals surface area contributed by atoms with Gasteiger partial charge in [0, 0.05) is 18.6 Å². The maximum atomic E-state index is 11.3. The molecule has 4 heteroatoms. The summed E-state index contributed by atoms with van der Waals surface area (Å²) in [4.78, 5) is 13.1. The van der Waals surface area contributed by atoms with E-state index < -0.39 is 0 Å². The summed E-state index contributed by atoms with van der Waals surface area (Å²) < 4.78 is 0. The van der Waals surface area contributed by atoms with E-state index in [0.717, 1.165) is 32.2 Å². The molecule has 0 aliphatic carbocycles. The Morgan fingerprint density at radius 1 is 1.47 bits per heavy atom. The summed E-state index contributed by atoms with van der Waals surface area (Å²) >= 11 is 0. The van der Waals surface area contributed by atoms with E-state index in [-0.39, 0.29) is 12.1 Å². The number of amides is 2. The molecule has 1 saturated heterocycles. The van der Waals surface area contributed by atoms with Gasteiger partial charge in [-0.25, -0.2) is 4.79 Å². The summed E-state index contributed by atoms with van der Waals surface area (Å²) in [5, 5.41) is 0. The second-order valence-electron chi connectivity index (χ2n) is 4.59. The van der Waals surface area contributed by atoms with Crippen LogP contribution in [0.5, 0.6) is 0 Å². The van der Waals surface area contributed by atoms with Gasteiger partial charge in [-0.1, -0.05) is 12.8 Å². The van der Waals surface area contributed by atoms with Crippen LogP contribution in [0.4, 0.5) is 4.79 Å². The largest absolute Gasteiger partial charge is 0.351 e. The fraction of sp³-hybridized carbons (Fsp3) is 0.909. The smallest absolute Gasteiger partial charge is 0.315 e. The van der Waals surface area contributed by atoms with E-state index >= 15 is 0 Å². The third-order valence-electron chi connectivity index (χ3n) is 3.12. The van der Waals surface area contributed by atoms with Crippen molar-refractivity contribution in [2.45, 2.75) is 57.5 Å². The molecular weight excluding hydrogens is 190 g/mol. The number of rotatable bonds is 3. The summed E-state index contributed by atoms with van der Waals surface area (Å²) in [5.74, 6) is 0.